The van der Waals surface area contributed by atoms with Gasteiger partial charge in [-0.3, -0.25) is 4.90 Å². The molecule has 1 N–H and O–H groups in total. The van der Waals surface area contributed by atoms with E-state index in [-0.39, 0.29) is 11.4 Å². The second-order valence-electron chi connectivity index (χ2n) is 8.96. The first-order valence-corrected chi connectivity index (χ1v) is 10.2. The molecular formula is C24H33N3O. The molecule has 2 aromatic rings. The van der Waals surface area contributed by atoms with Gasteiger partial charge in [0.2, 0.25) is 0 Å². The van der Waals surface area contributed by atoms with Crippen LogP contribution in [0.3, 0.4) is 0 Å². The van der Waals surface area contributed by atoms with Crippen LogP contribution in [0.4, 0.5) is 10.5 Å². The molecule has 0 spiro atoms. The number of aryl methyl sites for hydroxylation is 2. The molecule has 1 fully saturated rings. The summed E-state index contributed by atoms with van der Waals surface area (Å²) in [6, 6.07) is 15.1. The zero-order chi connectivity index (χ0) is 20.3. The summed E-state index contributed by atoms with van der Waals surface area (Å²) >= 11 is 0. The summed E-state index contributed by atoms with van der Waals surface area (Å²) in [6.07, 6.45) is 0. The zero-order valence-corrected chi connectivity index (χ0v) is 17.9. The molecule has 4 heteroatoms. The first kappa shape index (κ1) is 20.4. The molecule has 28 heavy (non-hydrogen) atoms. The van der Waals surface area contributed by atoms with Crippen LogP contribution in [0.2, 0.25) is 0 Å². The maximum Gasteiger partial charge on any atom is 0.321 e. The topological polar surface area (TPSA) is 35.6 Å². The quantitative estimate of drug-likeness (QED) is 0.819. The van der Waals surface area contributed by atoms with Crippen LogP contribution in [0, 0.1) is 13.8 Å². The Kier molecular flexibility index (Phi) is 6.09. The lowest BCUT2D eigenvalue weighted by Gasteiger charge is -2.35. The Balaban J connectivity index is 1.50. The van der Waals surface area contributed by atoms with E-state index in [1.54, 1.807) is 0 Å². The minimum Gasteiger partial charge on any atom is -0.322 e. The van der Waals surface area contributed by atoms with Gasteiger partial charge in [-0.2, -0.15) is 0 Å². The zero-order valence-electron chi connectivity index (χ0n) is 17.9. The number of amides is 2. The summed E-state index contributed by atoms with van der Waals surface area (Å²) < 4.78 is 0. The van der Waals surface area contributed by atoms with Crippen LogP contribution in [0.5, 0.6) is 0 Å². The first-order valence-electron chi connectivity index (χ1n) is 10.2. The third-order valence-corrected chi connectivity index (χ3v) is 5.51. The van der Waals surface area contributed by atoms with Crippen LogP contribution < -0.4 is 5.32 Å². The molecule has 0 aromatic heterocycles. The highest BCUT2D eigenvalue weighted by atomic mass is 16.2. The van der Waals surface area contributed by atoms with Gasteiger partial charge < -0.3 is 10.2 Å². The number of urea groups is 1. The van der Waals surface area contributed by atoms with Gasteiger partial charge in [0.25, 0.3) is 0 Å². The molecule has 0 unspecified atom stereocenters. The average Bonchev–Trinajstić information content (AvgIpc) is 2.64. The van der Waals surface area contributed by atoms with Crippen molar-refractivity contribution in [3.8, 4) is 0 Å². The Morgan fingerprint density at radius 2 is 1.61 bits per heavy atom. The second-order valence-corrected chi connectivity index (χ2v) is 8.96. The minimum atomic E-state index is 0.00105. The second kappa shape index (κ2) is 8.36. The number of rotatable bonds is 3. The normalized spacial score (nSPS) is 15.5. The highest BCUT2D eigenvalue weighted by molar-refractivity contribution is 5.90. The Labute approximate surface area is 169 Å². The fourth-order valence-corrected chi connectivity index (χ4v) is 3.63. The number of benzene rings is 2. The molecule has 2 amide bonds. The van der Waals surface area contributed by atoms with Crippen molar-refractivity contribution in [1.29, 1.82) is 0 Å². The molecular weight excluding hydrogens is 346 g/mol. The molecule has 0 saturated carbocycles. The van der Waals surface area contributed by atoms with Crippen LogP contribution in [0.25, 0.3) is 0 Å². The van der Waals surface area contributed by atoms with E-state index in [0.717, 1.165) is 44.0 Å². The summed E-state index contributed by atoms with van der Waals surface area (Å²) in [5.74, 6) is 0. The van der Waals surface area contributed by atoms with Crippen LogP contribution in [-0.4, -0.2) is 42.0 Å². The van der Waals surface area contributed by atoms with E-state index < -0.39 is 0 Å². The average molecular weight is 380 g/mol. The lowest BCUT2D eigenvalue weighted by Crippen LogP contribution is -2.49. The number of carbonyl (C=O) groups is 1. The van der Waals surface area contributed by atoms with Crippen LogP contribution >= 0.6 is 0 Å². The predicted octanol–water partition coefficient (Wildman–Crippen LogP) is 4.95. The van der Waals surface area contributed by atoms with Gasteiger partial charge in [-0.05, 0) is 42.0 Å². The Morgan fingerprint density at radius 1 is 0.964 bits per heavy atom. The largest absolute Gasteiger partial charge is 0.322 e. The Bertz CT molecular complexity index is 813. The fraction of sp³-hybridized carbons (Fsp3) is 0.458. The molecule has 1 saturated heterocycles. The van der Waals surface area contributed by atoms with Crippen molar-refractivity contribution in [2.75, 3.05) is 31.5 Å². The smallest absolute Gasteiger partial charge is 0.321 e. The number of nitrogens with one attached hydrogen (secondary N) is 1. The number of nitrogens with zero attached hydrogens (tertiary/aromatic N) is 2. The number of carbonyl (C=O) groups excluding carboxylic acids is 1. The Hall–Kier alpha value is -2.33. The molecule has 3 rings (SSSR count). The van der Waals surface area contributed by atoms with E-state index in [2.05, 4.69) is 68.2 Å². The lowest BCUT2D eigenvalue weighted by molar-refractivity contribution is 0.143. The summed E-state index contributed by atoms with van der Waals surface area (Å²) in [6.45, 7) is 15.1. The molecule has 1 aliphatic rings. The van der Waals surface area contributed by atoms with E-state index in [1.165, 1.54) is 16.7 Å². The van der Waals surface area contributed by atoms with E-state index in [0.29, 0.717) is 0 Å². The van der Waals surface area contributed by atoms with Gasteiger partial charge in [0.05, 0.1) is 0 Å². The van der Waals surface area contributed by atoms with Crippen molar-refractivity contribution < 1.29 is 4.79 Å². The highest BCUT2D eigenvalue weighted by Crippen LogP contribution is 2.23. The SMILES string of the molecule is Cc1ccc(NC(=O)N2CCN(Cc3ccc(C(C)(C)C)cc3)CC2)c(C)c1. The van der Waals surface area contributed by atoms with Gasteiger partial charge in [0.15, 0.2) is 0 Å². The van der Waals surface area contributed by atoms with Crippen molar-refractivity contribution in [1.82, 2.24) is 9.80 Å². The molecule has 0 radical (unpaired) electrons. The van der Waals surface area contributed by atoms with Gasteiger partial charge in [0, 0.05) is 38.4 Å². The molecule has 0 atom stereocenters. The molecule has 150 valence electrons. The monoisotopic (exact) mass is 379 g/mol. The molecule has 4 nitrogen and oxygen atoms in total. The standard InChI is InChI=1S/C24H33N3O/c1-18-6-11-22(19(2)16-18)25-23(28)27-14-12-26(13-15-27)17-20-7-9-21(10-8-20)24(3,4)5/h6-11,16H,12-15,17H2,1-5H3,(H,25,28). The first-order chi connectivity index (χ1) is 13.2. The van der Waals surface area contributed by atoms with Crippen LogP contribution in [0.1, 0.15) is 43.0 Å². The van der Waals surface area contributed by atoms with E-state index in [9.17, 15) is 4.79 Å². The van der Waals surface area contributed by atoms with E-state index >= 15 is 0 Å². The summed E-state index contributed by atoms with van der Waals surface area (Å²) in [5.41, 5.74) is 6.10. The lowest BCUT2D eigenvalue weighted by atomic mass is 9.87. The van der Waals surface area contributed by atoms with Crippen molar-refractivity contribution in [2.45, 2.75) is 46.6 Å². The molecule has 1 aliphatic heterocycles. The number of hydrogen-bond donors (Lipinski definition) is 1. The predicted molar refractivity (Wildman–Crippen MR) is 117 cm³/mol. The van der Waals surface area contributed by atoms with Crippen LogP contribution in [0.15, 0.2) is 42.5 Å². The summed E-state index contributed by atoms with van der Waals surface area (Å²) in [7, 11) is 0. The van der Waals surface area contributed by atoms with Gasteiger partial charge in [-0.25, -0.2) is 4.79 Å². The number of piperazine rings is 1. The summed E-state index contributed by atoms with van der Waals surface area (Å²) in [5, 5.41) is 3.06. The molecule has 0 aliphatic carbocycles. The van der Waals surface area contributed by atoms with E-state index in [1.807, 2.05) is 24.0 Å². The van der Waals surface area contributed by atoms with Crippen molar-refractivity contribution in [3.05, 3.63) is 64.7 Å². The van der Waals surface area contributed by atoms with Gasteiger partial charge >= 0.3 is 6.03 Å². The molecule has 2 aromatic carbocycles. The van der Waals surface area contributed by atoms with Gasteiger partial charge in [-0.15, -0.1) is 0 Å². The fourth-order valence-electron chi connectivity index (χ4n) is 3.63. The summed E-state index contributed by atoms with van der Waals surface area (Å²) in [4.78, 5) is 16.9. The minimum absolute atomic E-state index is 0.00105. The van der Waals surface area contributed by atoms with E-state index in [4.69, 9.17) is 0 Å². The van der Waals surface area contributed by atoms with Crippen molar-refractivity contribution in [3.63, 3.8) is 0 Å². The van der Waals surface area contributed by atoms with Gasteiger partial charge in [-0.1, -0.05) is 62.7 Å². The number of hydrogen-bond acceptors (Lipinski definition) is 2. The van der Waals surface area contributed by atoms with Gasteiger partial charge in [0.1, 0.15) is 0 Å². The molecule has 0 bridgehead atoms. The highest BCUT2D eigenvalue weighted by Gasteiger charge is 2.22. The third-order valence-electron chi connectivity index (χ3n) is 5.51. The maximum absolute atomic E-state index is 12.6. The van der Waals surface area contributed by atoms with Crippen LogP contribution in [-0.2, 0) is 12.0 Å². The number of anilines is 1. The van der Waals surface area contributed by atoms with Crippen molar-refractivity contribution in [2.24, 2.45) is 0 Å². The van der Waals surface area contributed by atoms with Crippen molar-refractivity contribution >= 4 is 11.7 Å². The third kappa shape index (κ3) is 5.14. The Morgan fingerprint density at radius 3 is 2.18 bits per heavy atom. The molecule has 1 heterocycles. The maximum atomic E-state index is 12.6.